The van der Waals surface area contributed by atoms with Crippen molar-refractivity contribution in [2.45, 2.75) is 26.6 Å². The van der Waals surface area contributed by atoms with Crippen LogP contribution in [0.5, 0.6) is 11.5 Å². The van der Waals surface area contributed by atoms with Gasteiger partial charge in [-0.3, -0.25) is 4.79 Å². The summed E-state index contributed by atoms with van der Waals surface area (Å²) in [5.74, 6) is -0.309. The number of aliphatic carboxylic acids is 1. The number of carbonyl (C=O) groups excluding carboxylic acids is 1. The molecule has 1 N–H and O–H groups in total. The average Bonchev–Trinajstić information content (AvgIpc) is 3.35. The topological polar surface area (TPSA) is 85.7 Å². The van der Waals surface area contributed by atoms with E-state index in [1.165, 1.54) is 30.4 Å². The van der Waals surface area contributed by atoms with Crippen LogP contribution >= 0.6 is 11.3 Å². The highest BCUT2D eigenvalue weighted by atomic mass is 32.1. The number of carboxylic acids is 1. The number of ether oxygens (including phenoxy) is 2. The molecule has 6 nitrogen and oxygen atoms in total. The number of thiazole rings is 1. The van der Waals surface area contributed by atoms with Crippen LogP contribution in [0.3, 0.4) is 0 Å². The van der Waals surface area contributed by atoms with Crippen molar-refractivity contribution in [1.29, 1.82) is 0 Å². The van der Waals surface area contributed by atoms with Gasteiger partial charge in [0.25, 0.3) is 0 Å². The van der Waals surface area contributed by atoms with Crippen molar-refractivity contribution in [1.82, 2.24) is 4.98 Å². The summed E-state index contributed by atoms with van der Waals surface area (Å²) in [6.07, 6.45) is -4.41. The molecule has 0 spiro atoms. The molecule has 0 saturated heterocycles. The first-order valence-electron chi connectivity index (χ1n) is 11.4. The highest BCUT2D eigenvalue weighted by Crippen LogP contribution is 2.37. The summed E-state index contributed by atoms with van der Waals surface area (Å²) in [6.45, 7) is 2.83. The van der Waals surface area contributed by atoms with E-state index in [-0.39, 0.29) is 12.4 Å². The Morgan fingerprint density at radius 2 is 1.61 bits per heavy atom. The van der Waals surface area contributed by atoms with Crippen molar-refractivity contribution in [3.05, 3.63) is 87.7 Å². The predicted molar refractivity (Wildman–Crippen MR) is 137 cm³/mol. The second-order valence-electron chi connectivity index (χ2n) is 8.42. The molecule has 0 amide bonds. The van der Waals surface area contributed by atoms with Crippen molar-refractivity contribution < 1.29 is 37.3 Å². The number of aryl methyl sites for hydroxylation is 1. The molecule has 1 heterocycles. The lowest BCUT2D eigenvalue weighted by Crippen LogP contribution is -2.10. The van der Waals surface area contributed by atoms with Crippen LogP contribution in [-0.2, 0) is 17.6 Å². The first-order chi connectivity index (χ1) is 18.0. The molecule has 0 bridgehead atoms. The minimum Gasteiger partial charge on any atom is -0.486 e. The maximum atomic E-state index is 12.9. The molecule has 0 radical (unpaired) electrons. The van der Waals surface area contributed by atoms with Gasteiger partial charge in [0.1, 0.15) is 23.1 Å². The van der Waals surface area contributed by atoms with Crippen molar-refractivity contribution in [2.75, 3.05) is 6.61 Å². The molecule has 10 heteroatoms. The van der Waals surface area contributed by atoms with Crippen LogP contribution in [-0.4, -0.2) is 28.4 Å². The molecule has 0 aliphatic rings. The molecular weight excluding hydrogens is 519 g/mol. The van der Waals surface area contributed by atoms with E-state index < -0.39 is 24.3 Å². The SMILES string of the molecule is CC(=O)c1ccc(-c2cc(OCC(=O)O)c(C)cc2OCc2nc(-c3ccc(C(F)(F)F)cc3)cs2)cc1. The van der Waals surface area contributed by atoms with Gasteiger partial charge in [0.05, 0.1) is 11.3 Å². The Balaban J connectivity index is 1.58. The van der Waals surface area contributed by atoms with Crippen LogP contribution < -0.4 is 9.47 Å². The van der Waals surface area contributed by atoms with Crippen molar-refractivity contribution in [3.63, 3.8) is 0 Å². The summed E-state index contributed by atoms with van der Waals surface area (Å²) in [7, 11) is 0. The Kier molecular flexibility index (Phi) is 7.82. The number of halogens is 3. The number of alkyl halides is 3. The quantitative estimate of drug-likeness (QED) is 0.229. The number of Topliss-reactive ketones (excluding diaryl/α,β-unsaturated/α-hetero) is 1. The zero-order valence-corrected chi connectivity index (χ0v) is 21.2. The van der Waals surface area contributed by atoms with Gasteiger partial charge in [-0.05, 0) is 49.2 Å². The Morgan fingerprint density at radius 1 is 0.947 bits per heavy atom. The highest BCUT2D eigenvalue weighted by Gasteiger charge is 2.30. The molecule has 38 heavy (non-hydrogen) atoms. The first-order valence-corrected chi connectivity index (χ1v) is 12.2. The second kappa shape index (κ2) is 11.1. The van der Waals surface area contributed by atoms with E-state index in [0.29, 0.717) is 44.5 Å². The summed E-state index contributed by atoms with van der Waals surface area (Å²) in [4.78, 5) is 27.2. The molecule has 0 aliphatic heterocycles. The minimum absolute atomic E-state index is 0.0740. The second-order valence-corrected chi connectivity index (χ2v) is 9.36. The molecule has 0 atom stereocenters. The Bertz CT molecular complexity index is 1460. The standard InChI is InChI=1S/C28H22F3NO5S/c1-16-11-25(22(12-24(16)37-14-27(34)35)19-5-3-18(4-6-19)17(2)33)36-13-26-32-23(15-38-26)20-7-9-21(10-8-20)28(29,30)31/h3-12,15H,13-14H2,1-2H3,(H,34,35). The van der Waals surface area contributed by atoms with Gasteiger partial charge in [-0.15, -0.1) is 11.3 Å². The predicted octanol–water partition coefficient (Wildman–Crippen LogP) is 7.05. The van der Waals surface area contributed by atoms with Gasteiger partial charge >= 0.3 is 12.1 Å². The van der Waals surface area contributed by atoms with E-state index >= 15 is 0 Å². The third-order valence-electron chi connectivity index (χ3n) is 5.64. The van der Waals surface area contributed by atoms with Crippen LogP contribution in [0.2, 0.25) is 0 Å². The van der Waals surface area contributed by atoms with Gasteiger partial charge in [0.15, 0.2) is 12.4 Å². The molecule has 4 aromatic rings. The van der Waals surface area contributed by atoms with Crippen LogP contribution in [0.1, 0.15) is 33.4 Å². The number of ketones is 1. The van der Waals surface area contributed by atoms with Crippen LogP contribution in [0.4, 0.5) is 13.2 Å². The Hall–Kier alpha value is -4.18. The fraction of sp³-hybridized carbons (Fsp3) is 0.179. The lowest BCUT2D eigenvalue weighted by atomic mass is 10.00. The molecule has 1 aromatic heterocycles. The molecule has 0 unspecified atom stereocenters. The van der Waals surface area contributed by atoms with Crippen molar-refractivity contribution in [3.8, 4) is 33.9 Å². The summed E-state index contributed by atoms with van der Waals surface area (Å²) < 4.78 is 50.1. The maximum Gasteiger partial charge on any atom is 0.416 e. The van der Waals surface area contributed by atoms with Gasteiger partial charge in [0, 0.05) is 22.1 Å². The van der Waals surface area contributed by atoms with Crippen molar-refractivity contribution in [2.24, 2.45) is 0 Å². The highest BCUT2D eigenvalue weighted by molar-refractivity contribution is 7.09. The number of benzene rings is 3. The number of carbonyl (C=O) groups is 2. The number of hydrogen-bond donors (Lipinski definition) is 1. The van der Waals surface area contributed by atoms with Crippen LogP contribution in [0.15, 0.2) is 66.0 Å². The first kappa shape index (κ1) is 26.9. The zero-order valence-electron chi connectivity index (χ0n) is 20.3. The Morgan fingerprint density at radius 3 is 2.21 bits per heavy atom. The van der Waals surface area contributed by atoms with Crippen LogP contribution in [0.25, 0.3) is 22.4 Å². The number of hydrogen-bond acceptors (Lipinski definition) is 6. The van der Waals surface area contributed by atoms with Gasteiger partial charge in [-0.2, -0.15) is 13.2 Å². The third-order valence-corrected chi connectivity index (χ3v) is 6.46. The summed E-state index contributed by atoms with van der Waals surface area (Å²) in [5, 5.41) is 11.4. The number of carboxylic acid groups (broad SMARTS) is 1. The van der Waals surface area contributed by atoms with Crippen molar-refractivity contribution >= 4 is 23.1 Å². The summed E-state index contributed by atoms with van der Waals surface area (Å²) in [6, 6.07) is 15.1. The molecule has 196 valence electrons. The fourth-order valence-electron chi connectivity index (χ4n) is 3.67. The average molecular weight is 542 g/mol. The lowest BCUT2D eigenvalue weighted by molar-refractivity contribution is -0.139. The molecule has 0 aliphatic carbocycles. The molecule has 4 rings (SSSR count). The van der Waals surface area contributed by atoms with E-state index in [2.05, 4.69) is 4.98 Å². The van der Waals surface area contributed by atoms with Gasteiger partial charge in [-0.1, -0.05) is 36.4 Å². The monoisotopic (exact) mass is 541 g/mol. The number of nitrogens with zero attached hydrogens (tertiary/aromatic N) is 1. The van der Waals surface area contributed by atoms with Gasteiger partial charge < -0.3 is 14.6 Å². The van der Waals surface area contributed by atoms with E-state index in [1.54, 1.807) is 48.7 Å². The smallest absolute Gasteiger partial charge is 0.416 e. The summed E-state index contributed by atoms with van der Waals surface area (Å²) in [5.41, 5.74) is 2.94. The van der Waals surface area contributed by atoms with Gasteiger partial charge in [0.2, 0.25) is 0 Å². The molecule has 3 aromatic carbocycles. The number of rotatable bonds is 9. The normalized spacial score (nSPS) is 11.3. The number of aromatic nitrogens is 1. The van der Waals surface area contributed by atoms with E-state index in [0.717, 1.165) is 17.7 Å². The lowest BCUT2D eigenvalue weighted by Gasteiger charge is -2.16. The Labute approximate surface area is 220 Å². The zero-order chi connectivity index (χ0) is 27.4. The molecule has 0 saturated carbocycles. The minimum atomic E-state index is -4.41. The molecular formula is C28H22F3NO5S. The van der Waals surface area contributed by atoms with Crippen LogP contribution in [0, 0.1) is 6.92 Å². The van der Waals surface area contributed by atoms with E-state index in [9.17, 15) is 22.8 Å². The van der Waals surface area contributed by atoms with E-state index in [4.69, 9.17) is 14.6 Å². The maximum absolute atomic E-state index is 12.9. The molecule has 0 fully saturated rings. The summed E-state index contributed by atoms with van der Waals surface area (Å²) >= 11 is 1.31. The largest absolute Gasteiger partial charge is 0.486 e. The third kappa shape index (κ3) is 6.38. The van der Waals surface area contributed by atoms with E-state index in [1.807, 2.05) is 0 Å². The fourth-order valence-corrected chi connectivity index (χ4v) is 4.38. The van der Waals surface area contributed by atoms with Gasteiger partial charge in [-0.25, -0.2) is 9.78 Å².